The molecule has 14 rings (SSSR count). The number of likely N-dealkylation sites (N-methyl/N-ethyl adjacent to an activating group) is 1. The molecular weight excluding hydrogens is 1190 g/mol. The summed E-state index contributed by atoms with van der Waals surface area (Å²) in [6, 6.07) is 11.0. The number of hydrogen-bond donors (Lipinski definition) is 8. The van der Waals surface area contributed by atoms with Crippen molar-refractivity contribution in [2.75, 3.05) is 72.6 Å². The number of nitrogens with one attached hydrogen (secondary N) is 1. The van der Waals surface area contributed by atoms with E-state index >= 15 is 4.79 Å². The number of rotatable bonds is 9. The Labute approximate surface area is 543 Å². The number of esters is 4. The lowest BCUT2D eigenvalue weighted by molar-refractivity contribution is -0.228. The molecule has 1 spiro atoms. The zero-order chi connectivity index (χ0) is 66.7. The molecule has 1 unspecified atom stereocenters. The van der Waals surface area contributed by atoms with Gasteiger partial charge in [0.25, 0.3) is 0 Å². The Hall–Kier alpha value is -6.77. The van der Waals surface area contributed by atoms with Gasteiger partial charge >= 0.3 is 23.9 Å². The number of aromatic amines is 1. The highest BCUT2D eigenvalue weighted by Crippen LogP contribution is 2.69. The molecule has 21 heteroatoms. The Morgan fingerprint density at radius 3 is 2.31 bits per heavy atom. The first-order valence-electron chi connectivity index (χ1n) is 33.3. The maximum absolute atomic E-state index is 15.3. The molecule has 6 fully saturated rings. The molecule has 18 atom stereocenters. The molecule has 8 N–H and O–H groups in total. The minimum atomic E-state index is -2.30. The molecule has 1 aromatic heterocycles. The van der Waals surface area contributed by atoms with E-state index in [2.05, 4.69) is 56.6 Å². The van der Waals surface area contributed by atoms with Crippen molar-refractivity contribution >= 4 is 46.3 Å². The molecule has 21 nitrogen and oxygen atoms in total. The van der Waals surface area contributed by atoms with Crippen LogP contribution < -0.4 is 9.64 Å². The number of cyclic esters (lactones) is 1. The zero-order valence-corrected chi connectivity index (χ0v) is 54.7. The van der Waals surface area contributed by atoms with Crippen LogP contribution in [0.25, 0.3) is 10.9 Å². The van der Waals surface area contributed by atoms with Crippen molar-refractivity contribution in [3.8, 4) is 18.1 Å². The van der Waals surface area contributed by atoms with Crippen molar-refractivity contribution in [1.82, 2.24) is 14.8 Å². The lowest BCUT2D eigenvalue weighted by atomic mass is 9.47. The first-order chi connectivity index (χ1) is 44.3. The summed E-state index contributed by atoms with van der Waals surface area (Å²) in [6.07, 6.45) is 18.9. The number of aliphatic hydroxyl groups excluding tert-OH is 4. The number of para-hydroxylation sites is 1. The highest BCUT2D eigenvalue weighted by molar-refractivity contribution is 5.95. The van der Waals surface area contributed by atoms with E-state index in [1.807, 2.05) is 56.1 Å². The number of anilines is 1. The summed E-state index contributed by atoms with van der Waals surface area (Å²) in [5.74, 6) is 1.31. The molecule has 11 aliphatic rings. The van der Waals surface area contributed by atoms with Gasteiger partial charge < -0.3 is 69.3 Å². The van der Waals surface area contributed by atoms with Gasteiger partial charge in [0.1, 0.15) is 22.9 Å². The molecule has 0 amide bonds. The number of terminal acetylenes is 1. The number of allylic oxidation sites excluding steroid dienone is 1. The summed E-state index contributed by atoms with van der Waals surface area (Å²) in [6.45, 7) is 10.2. The molecule has 0 radical (unpaired) electrons. The Kier molecular flexibility index (Phi) is 17.2. The number of piperidine rings is 1. The van der Waals surface area contributed by atoms with Gasteiger partial charge in [-0.2, -0.15) is 0 Å². The number of carbonyl (C=O) groups is 5. The van der Waals surface area contributed by atoms with Crippen LogP contribution in [0, 0.1) is 52.8 Å². The minimum absolute atomic E-state index is 0.0986. The Bertz CT molecular complexity index is 3650. The fourth-order valence-corrected chi connectivity index (χ4v) is 20.8. The van der Waals surface area contributed by atoms with Crippen LogP contribution in [-0.4, -0.2) is 195 Å². The molecule has 2 aromatic carbocycles. The summed E-state index contributed by atoms with van der Waals surface area (Å²) in [7, 11) is 6.15. The number of methoxy groups -OCH3 is 3. The number of ketones is 1. The lowest BCUT2D eigenvalue weighted by Crippen LogP contribution is -2.81. The van der Waals surface area contributed by atoms with E-state index in [1.54, 1.807) is 7.11 Å². The molecule has 5 aliphatic carbocycles. The average molecular weight is 1290 g/mol. The number of aromatic nitrogens is 1. The second-order valence-corrected chi connectivity index (χ2v) is 28.8. The van der Waals surface area contributed by atoms with Crippen LogP contribution in [0.1, 0.15) is 134 Å². The van der Waals surface area contributed by atoms with Gasteiger partial charge in [-0.25, -0.2) is 9.59 Å². The first-order valence-corrected chi connectivity index (χ1v) is 33.3. The lowest BCUT2D eigenvalue weighted by Gasteiger charge is -2.63. The topological polar surface area (TPSA) is 299 Å². The highest BCUT2D eigenvalue weighted by atomic mass is 16.6. The Morgan fingerprint density at radius 2 is 1.65 bits per heavy atom. The maximum Gasteiger partial charge on any atom is 0.377 e. The molecule has 7 heterocycles. The number of carbonyl (C=O) groups excluding carboxylic acids is 5. The average Bonchev–Trinajstić information content (AvgIpc) is 1.52. The SMILES string of the molecule is C#C[C@]1(O)CC[C@H]2[C@@H]3CCC4=CC(=O)CC[C@@H]4[C@H]3CC[C@@]21C.CC[C@]1(O)C[C@@H]2CN(CCc3c([nH]c4ccccc34)[C@@](C(=O)OC)(c3cc4c(cc3OC)N(C)[C@H]3[C@@](O)(C(=O)OC)[C@H](OC(C)=O)[C@]5(CC)C=CCN6CC[C@]43[C@@H]65)C2)C1.O=C1O[C@H]([C@@H](O)CO)C(O)=C1O. The number of benzene rings is 2. The molecule has 3 aromatic rings. The van der Waals surface area contributed by atoms with Crippen molar-refractivity contribution in [1.29, 1.82) is 0 Å². The van der Waals surface area contributed by atoms with Crippen molar-refractivity contribution in [2.45, 2.75) is 176 Å². The number of aliphatic hydroxyl groups is 7. The summed E-state index contributed by atoms with van der Waals surface area (Å²) >= 11 is 0. The zero-order valence-electron chi connectivity index (χ0n) is 54.7. The summed E-state index contributed by atoms with van der Waals surface area (Å²) in [5, 5.41) is 72.3. The standard InChI is InChI=1S/C46H58N4O9.C20H26O2.C6H8O6/c1-8-42(54)23-28-24-45(40(52)57-6,36-30(15-19-49(25-28)26-42)29-13-10-11-14-33(29)47-36)32-21-31-34(22-35(32)56-5)48(4)38-44(31)17-20-50-18-12-16-43(9-2,37(44)50)39(59-27(3)51)46(38,55)41(53)58-7;1-3-20(22)11-9-18-17-6-4-13-12-14(21)5-7-15(13)16(17)8-10-19(18,20)2;7-1-2(8)5-3(9)4(10)6(11)12-5/h10-14,16,21-22,28,37-39,47,54-55H,8-9,15,17-20,23-26H2,1-7H3;1,12,15-18,22H,4-11H2,2H3;2,5,7-10H,1H2/t28-,37-,38+,39+,42-,43+,44+,45-,46-;15-,16+,17+,18-,19-,20-;2-,5+/m000/s1. The van der Waals surface area contributed by atoms with Crippen molar-refractivity contribution in [2.24, 2.45) is 40.4 Å². The summed E-state index contributed by atoms with van der Waals surface area (Å²) < 4.78 is 28.3. The third kappa shape index (κ3) is 9.82. The highest BCUT2D eigenvalue weighted by Gasteiger charge is 2.80. The Morgan fingerprint density at radius 1 is 0.892 bits per heavy atom. The third-order valence-electron chi connectivity index (χ3n) is 24.8. The molecule has 2 bridgehead atoms. The fourth-order valence-electron chi connectivity index (χ4n) is 20.8. The molecule has 6 aliphatic heterocycles. The number of fused-ring (bicyclic) bond motifs is 11. The second kappa shape index (κ2) is 24.2. The number of ether oxygens (including phenoxy) is 5. The van der Waals surface area contributed by atoms with Crippen molar-refractivity contribution in [3.63, 3.8) is 0 Å². The van der Waals surface area contributed by atoms with E-state index in [-0.39, 0.29) is 17.4 Å². The molecule has 502 valence electrons. The summed E-state index contributed by atoms with van der Waals surface area (Å²) in [4.78, 5) is 75.4. The predicted molar refractivity (Wildman–Crippen MR) is 342 cm³/mol. The van der Waals surface area contributed by atoms with Crippen molar-refractivity contribution < 1.29 is 83.4 Å². The van der Waals surface area contributed by atoms with Gasteiger partial charge in [-0.3, -0.25) is 24.2 Å². The van der Waals surface area contributed by atoms with Crippen molar-refractivity contribution in [3.05, 3.63) is 94.1 Å². The monoisotopic (exact) mass is 1280 g/mol. The van der Waals surface area contributed by atoms with Crippen LogP contribution >= 0.6 is 0 Å². The van der Waals surface area contributed by atoms with Crippen LogP contribution in [0.5, 0.6) is 5.75 Å². The maximum atomic E-state index is 15.3. The van der Waals surface area contributed by atoms with Crippen LogP contribution in [0.3, 0.4) is 0 Å². The van der Waals surface area contributed by atoms with Crippen LogP contribution in [-0.2, 0) is 60.2 Å². The first kappa shape index (κ1) is 66.3. The van der Waals surface area contributed by atoms with E-state index in [0.29, 0.717) is 112 Å². The number of hydrogen-bond acceptors (Lipinski definition) is 20. The van der Waals surface area contributed by atoms with Gasteiger partial charge in [0.2, 0.25) is 11.4 Å². The van der Waals surface area contributed by atoms with E-state index in [4.69, 9.17) is 45.8 Å². The third-order valence-corrected chi connectivity index (χ3v) is 24.8. The predicted octanol–water partition coefficient (Wildman–Crippen LogP) is 6.08. The van der Waals surface area contributed by atoms with Gasteiger partial charge in [-0.15, -0.1) is 6.42 Å². The smallest absolute Gasteiger partial charge is 0.377 e. The molecular formula is C72H92N4O17. The van der Waals surface area contributed by atoms with Gasteiger partial charge in [0, 0.05) is 103 Å². The molecule has 2 saturated heterocycles. The van der Waals surface area contributed by atoms with E-state index in [0.717, 1.165) is 78.4 Å². The van der Waals surface area contributed by atoms with E-state index in [1.165, 1.54) is 33.1 Å². The van der Waals surface area contributed by atoms with E-state index < -0.39 is 99.4 Å². The van der Waals surface area contributed by atoms with Gasteiger partial charge in [-0.05, 0) is 149 Å². The number of H-pyrrole nitrogens is 1. The van der Waals surface area contributed by atoms with Crippen LogP contribution in [0.4, 0.5) is 5.69 Å². The van der Waals surface area contributed by atoms with Gasteiger partial charge in [0.05, 0.1) is 39.6 Å². The molecule has 93 heavy (non-hydrogen) atoms. The van der Waals surface area contributed by atoms with E-state index in [9.17, 15) is 34.5 Å². The second-order valence-electron chi connectivity index (χ2n) is 28.8. The largest absolute Gasteiger partial charge is 0.505 e. The minimum Gasteiger partial charge on any atom is -0.505 e. The summed E-state index contributed by atoms with van der Waals surface area (Å²) in [5.41, 5.74) is -1.21. The normalized spacial score (nSPS) is 38.7. The van der Waals surface area contributed by atoms with Gasteiger partial charge in [0.15, 0.2) is 23.8 Å². The van der Waals surface area contributed by atoms with Crippen LogP contribution in [0.15, 0.2) is 71.7 Å². The van der Waals surface area contributed by atoms with Gasteiger partial charge in [-0.1, -0.05) is 62.6 Å². The van der Waals surface area contributed by atoms with Crippen LogP contribution in [0.2, 0.25) is 0 Å². The Balaban J connectivity index is 0.000000198. The molecule has 4 saturated carbocycles. The quantitative estimate of drug-likeness (QED) is 0.0521. The number of nitrogens with zero attached hydrogens (tertiary/aromatic N) is 3. The fraction of sp³-hybridized carbons (Fsp3) is 0.625.